The topological polar surface area (TPSA) is 87.5 Å². The summed E-state index contributed by atoms with van der Waals surface area (Å²) in [6.45, 7) is 3.11. The first-order valence-electron chi connectivity index (χ1n) is 9.40. The van der Waals surface area contributed by atoms with E-state index in [0.717, 1.165) is 51.7 Å². The Morgan fingerprint density at radius 3 is 2.38 bits per heavy atom. The van der Waals surface area contributed by atoms with E-state index in [9.17, 15) is 5.11 Å². The summed E-state index contributed by atoms with van der Waals surface area (Å²) in [4.78, 5) is 2.51. The molecule has 7 atom stereocenters. The molecule has 0 amide bonds. The fourth-order valence-electron chi connectivity index (χ4n) is 4.70. The van der Waals surface area contributed by atoms with Gasteiger partial charge >= 0.3 is 0 Å². The van der Waals surface area contributed by atoms with E-state index in [0.29, 0.717) is 24.5 Å². The SMILES string of the molecule is NC1CCNC(N2CCC([C@@H](N)C3CC(Cl)C(Cl)CC3O)CC2)C1. The number of likely N-dealkylation sites (tertiary alicyclic amines) is 1. The number of nitrogens with zero attached hydrogens (tertiary/aromatic N) is 1. The molecule has 5 nitrogen and oxygen atoms in total. The summed E-state index contributed by atoms with van der Waals surface area (Å²) in [5.41, 5.74) is 12.7. The van der Waals surface area contributed by atoms with E-state index in [-0.39, 0.29) is 22.7 Å². The van der Waals surface area contributed by atoms with Crippen LogP contribution in [0.3, 0.4) is 0 Å². The van der Waals surface area contributed by atoms with E-state index in [1.807, 2.05) is 0 Å². The van der Waals surface area contributed by atoms with Gasteiger partial charge in [0.1, 0.15) is 0 Å². The van der Waals surface area contributed by atoms with Gasteiger partial charge in [0.25, 0.3) is 0 Å². The molecular weight excluding hydrogens is 347 g/mol. The van der Waals surface area contributed by atoms with Crippen LogP contribution in [0.1, 0.15) is 38.5 Å². The number of aliphatic hydroxyl groups excluding tert-OH is 1. The number of hydrogen-bond donors (Lipinski definition) is 4. The van der Waals surface area contributed by atoms with E-state index in [1.54, 1.807) is 0 Å². The van der Waals surface area contributed by atoms with Gasteiger partial charge in [-0.25, -0.2) is 0 Å². The lowest BCUT2D eigenvalue weighted by Crippen LogP contribution is -2.57. The molecule has 2 heterocycles. The van der Waals surface area contributed by atoms with E-state index < -0.39 is 6.10 Å². The van der Waals surface area contributed by atoms with Crippen molar-refractivity contribution >= 4 is 23.2 Å². The molecule has 7 heteroatoms. The smallest absolute Gasteiger partial charge is 0.0612 e. The lowest BCUT2D eigenvalue weighted by atomic mass is 9.74. The predicted molar refractivity (Wildman–Crippen MR) is 99.3 cm³/mol. The molecule has 3 fully saturated rings. The number of halogens is 2. The first-order chi connectivity index (χ1) is 11.5. The van der Waals surface area contributed by atoms with E-state index in [1.165, 1.54) is 0 Å². The van der Waals surface area contributed by atoms with Gasteiger partial charge in [-0.15, -0.1) is 23.2 Å². The van der Waals surface area contributed by atoms with Crippen molar-refractivity contribution in [2.45, 2.75) is 73.6 Å². The van der Waals surface area contributed by atoms with Crippen molar-refractivity contribution in [2.24, 2.45) is 23.3 Å². The molecule has 6 unspecified atom stereocenters. The van der Waals surface area contributed by atoms with E-state index in [2.05, 4.69) is 10.2 Å². The first kappa shape index (κ1) is 19.2. The van der Waals surface area contributed by atoms with Crippen molar-refractivity contribution in [3.05, 3.63) is 0 Å². The fourth-order valence-corrected chi connectivity index (χ4v) is 5.29. The summed E-state index contributed by atoms with van der Waals surface area (Å²) in [6.07, 6.45) is 5.52. The van der Waals surface area contributed by atoms with Gasteiger partial charge in [0.05, 0.1) is 23.0 Å². The van der Waals surface area contributed by atoms with Crippen molar-refractivity contribution in [3.8, 4) is 0 Å². The van der Waals surface area contributed by atoms with Crippen molar-refractivity contribution in [1.82, 2.24) is 10.2 Å². The van der Waals surface area contributed by atoms with Crippen LogP contribution in [0.15, 0.2) is 0 Å². The molecule has 0 spiro atoms. The molecule has 2 aliphatic heterocycles. The van der Waals surface area contributed by atoms with Crippen molar-refractivity contribution < 1.29 is 5.11 Å². The third kappa shape index (κ3) is 4.37. The Balaban J connectivity index is 1.50. The summed E-state index contributed by atoms with van der Waals surface area (Å²) in [5, 5.41) is 13.7. The molecular formula is C17H32Cl2N4O. The molecule has 0 aromatic heterocycles. The fraction of sp³-hybridized carbons (Fsp3) is 1.00. The van der Waals surface area contributed by atoms with Crippen LogP contribution in [0.25, 0.3) is 0 Å². The zero-order valence-electron chi connectivity index (χ0n) is 14.3. The maximum absolute atomic E-state index is 10.4. The van der Waals surface area contributed by atoms with Crippen LogP contribution in [0.2, 0.25) is 0 Å². The Kier molecular flexibility index (Phi) is 6.69. The van der Waals surface area contributed by atoms with Crippen molar-refractivity contribution in [2.75, 3.05) is 19.6 Å². The van der Waals surface area contributed by atoms with Gasteiger partial charge in [0, 0.05) is 18.0 Å². The maximum Gasteiger partial charge on any atom is 0.0612 e. The number of piperidine rings is 2. The minimum Gasteiger partial charge on any atom is -0.393 e. The molecule has 0 aromatic rings. The molecule has 140 valence electrons. The molecule has 1 aliphatic carbocycles. The quantitative estimate of drug-likeness (QED) is 0.551. The molecule has 6 N–H and O–H groups in total. The highest BCUT2D eigenvalue weighted by Crippen LogP contribution is 2.37. The van der Waals surface area contributed by atoms with Crippen LogP contribution in [-0.2, 0) is 0 Å². The summed E-state index contributed by atoms with van der Waals surface area (Å²) < 4.78 is 0. The van der Waals surface area contributed by atoms with Crippen LogP contribution in [-0.4, -0.2) is 64.7 Å². The summed E-state index contributed by atoms with van der Waals surface area (Å²) in [5.74, 6) is 0.522. The Hall–Kier alpha value is 0.380. The minimum atomic E-state index is -0.423. The van der Waals surface area contributed by atoms with Gasteiger partial charge in [-0.1, -0.05) is 0 Å². The summed E-state index contributed by atoms with van der Waals surface area (Å²) in [7, 11) is 0. The zero-order chi connectivity index (χ0) is 17.3. The first-order valence-corrected chi connectivity index (χ1v) is 10.3. The van der Waals surface area contributed by atoms with Crippen molar-refractivity contribution in [3.63, 3.8) is 0 Å². The predicted octanol–water partition coefficient (Wildman–Crippen LogP) is 1.05. The second kappa shape index (κ2) is 8.38. The third-order valence-corrected chi connectivity index (χ3v) is 7.42. The standard InChI is InChI=1S/C17H32Cl2N4O/c18-13-8-12(15(24)9-14(13)19)17(21)10-2-5-23(6-3-10)16-7-11(20)1-4-22-16/h10-17,22,24H,1-9,20-21H2/t11?,12?,13?,14?,15?,16?,17-/m1/s1. The summed E-state index contributed by atoms with van der Waals surface area (Å²) >= 11 is 12.5. The van der Waals surface area contributed by atoms with Gasteiger partial charge in [0.2, 0.25) is 0 Å². The van der Waals surface area contributed by atoms with Crippen LogP contribution in [0.4, 0.5) is 0 Å². The highest BCUT2D eigenvalue weighted by atomic mass is 35.5. The van der Waals surface area contributed by atoms with Crippen molar-refractivity contribution in [1.29, 1.82) is 0 Å². The molecule has 3 rings (SSSR count). The number of alkyl halides is 2. The lowest BCUT2D eigenvalue weighted by Gasteiger charge is -2.45. The van der Waals surface area contributed by atoms with E-state index >= 15 is 0 Å². The highest BCUT2D eigenvalue weighted by molar-refractivity contribution is 6.30. The molecule has 0 bridgehead atoms. The molecule has 3 aliphatic rings. The molecule has 0 radical (unpaired) electrons. The number of aliphatic hydroxyl groups is 1. The Bertz CT molecular complexity index is 408. The normalized spacial score (nSPS) is 44.4. The second-order valence-corrected chi connectivity index (χ2v) is 9.06. The number of nitrogens with one attached hydrogen (secondary N) is 1. The van der Waals surface area contributed by atoms with Crippen LogP contribution in [0.5, 0.6) is 0 Å². The average molecular weight is 379 g/mol. The number of nitrogens with two attached hydrogens (primary N) is 2. The zero-order valence-corrected chi connectivity index (χ0v) is 15.8. The summed E-state index contributed by atoms with van der Waals surface area (Å²) in [6, 6.07) is 0.326. The maximum atomic E-state index is 10.4. The number of hydrogen-bond acceptors (Lipinski definition) is 5. The van der Waals surface area contributed by atoms with E-state index in [4.69, 9.17) is 34.7 Å². The Morgan fingerprint density at radius 1 is 1.04 bits per heavy atom. The molecule has 0 aromatic carbocycles. The van der Waals surface area contributed by atoms with Crippen LogP contribution >= 0.6 is 23.2 Å². The molecule has 2 saturated heterocycles. The minimum absolute atomic E-state index is 0.00846. The highest BCUT2D eigenvalue weighted by Gasteiger charge is 2.41. The Labute approximate surface area is 155 Å². The second-order valence-electron chi connectivity index (χ2n) is 7.94. The lowest BCUT2D eigenvalue weighted by molar-refractivity contribution is 0.0260. The monoisotopic (exact) mass is 378 g/mol. The van der Waals surface area contributed by atoms with Crippen LogP contribution < -0.4 is 16.8 Å². The van der Waals surface area contributed by atoms with Gasteiger partial charge in [-0.3, -0.25) is 4.90 Å². The largest absolute Gasteiger partial charge is 0.393 e. The number of rotatable bonds is 3. The average Bonchev–Trinajstić information content (AvgIpc) is 2.58. The van der Waals surface area contributed by atoms with Crippen LogP contribution in [0, 0.1) is 11.8 Å². The van der Waals surface area contributed by atoms with Gasteiger partial charge in [-0.05, 0) is 64.1 Å². The third-order valence-electron chi connectivity index (χ3n) is 6.33. The molecule has 1 saturated carbocycles. The van der Waals surface area contributed by atoms with Gasteiger partial charge < -0.3 is 21.9 Å². The Morgan fingerprint density at radius 2 is 1.71 bits per heavy atom. The molecule has 24 heavy (non-hydrogen) atoms. The van der Waals surface area contributed by atoms with Gasteiger partial charge in [-0.2, -0.15) is 0 Å². The van der Waals surface area contributed by atoms with Gasteiger partial charge in [0.15, 0.2) is 0 Å².